The number of rotatable bonds is 1. The predicted octanol–water partition coefficient (Wildman–Crippen LogP) is 2.56. The zero-order valence-electron chi connectivity index (χ0n) is 8.18. The third-order valence-corrected chi connectivity index (χ3v) is 3.82. The van der Waals surface area contributed by atoms with Crippen LogP contribution in [0.1, 0.15) is 45.4 Å². The fraction of sp³-hybridized carbons (Fsp3) is 1.00. The molecule has 1 N–H and O–H groups in total. The Morgan fingerprint density at radius 2 is 1.92 bits per heavy atom. The summed E-state index contributed by atoms with van der Waals surface area (Å²) in [6.45, 7) is 3.62. The molecule has 3 unspecified atom stereocenters. The van der Waals surface area contributed by atoms with E-state index < -0.39 is 0 Å². The first-order chi connectivity index (χ1) is 5.90. The normalized spacial score (nSPS) is 42.2. The van der Waals surface area contributed by atoms with Gasteiger partial charge in [0.2, 0.25) is 0 Å². The van der Waals surface area contributed by atoms with Crippen LogP contribution in [0.25, 0.3) is 0 Å². The summed E-state index contributed by atoms with van der Waals surface area (Å²) in [4.78, 5) is 0. The molecule has 0 bridgehead atoms. The zero-order valence-corrected chi connectivity index (χ0v) is 8.18. The fourth-order valence-corrected chi connectivity index (χ4v) is 2.94. The van der Waals surface area contributed by atoms with Crippen molar-refractivity contribution >= 4 is 0 Å². The van der Waals surface area contributed by atoms with Crippen molar-refractivity contribution in [2.45, 2.75) is 51.5 Å². The Morgan fingerprint density at radius 3 is 2.67 bits per heavy atom. The van der Waals surface area contributed by atoms with Crippen molar-refractivity contribution in [3.63, 3.8) is 0 Å². The van der Waals surface area contributed by atoms with E-state index in [9.17, 15) is 0 Å². The monoisotopic (exact) mass is 167 g/mol. The Bertz CT molecular complexity index is 144. The van der Waals surface area contributed by atoms with Crippen LogP contribution < -0.4 is 5.32 Å². The first-order valence-corrected chi connectivity index (χ1v) is 5.63. The predicted molar refractivity (Wildman–Crippen MR) is 52.1 cm³/mol. The van der Waals surface area contributed by atoms with E-state index in [1.54, 1.807) is 0 Å². The average molecular weight is 167 g/mol. The lowest BCUT2D eigenvalue weighted by Gasteiger charge is -2.39. The van der Waals surface area contributed by atoms with Crippen LogP contribution in [-0.2, 0) is 0 Å². The maximum absolute atomic E-state index is 3.67. The van der Waals surface area contributed by atoms with Crippen LogP contribution in [0.4, 0.5) is 0 Å². The van der Waals surface area contributed by atoms with Crippen LogP contribution in [0.5, 0.6) is 0 Å². The molecule has 0 spiro atoms. The maximum atomic E-state index is 3.67. The molecule has 1 saturated heterocycles. The number of hydrogen-bond donors (Lipinski definition) is 1. The van der Waals surface area contributed by atoms with E-state index in [1.807, 2.05) is 0 Å². The summed E-state index contributed by atoms with van der Waals surface area (Å²) in [5.74, 6) is 2.10. The van der Waals surface area contributed by atoms with E-state index in [0.717, 1.165) is 17.9 Å². The van der Waals surface area contributed by atoms with Gasteiger partial charge in [0.25, 0.3) is 0 Å². The van der Waals surface area contributed by atoms with E-state index in [4.69, 9.17) is 0 Å². The number of piperidine rings is 1. The number of hydrogen-bond acceptors (Lipinski definition) is 1. The van der Waals surface area contributed by atoms with Crippen LogP contribution in [0.3, 0.4) is 0 Å². The molecule has 1 heterocycles. The van der Waals surface area contributed by atoms with Crippen molar-refractivity contribution in [1.29, 1.82) is 0 Å². The van der Waals surface area contributed by atoms with Crippen LogP contribution >= 0.6 is 0 Å². The van der Waals surface area contributed by atoms with Gasteiger partial charge in [-0.3, -0.25) is 0 Å². The van der Waals surface area contributed by atoms with Crippen LogP contribution in [0.15, 0.2) is 0 Å². The summed E-state index contributed by atoms with van der Waals surface area (Å²) in [6.07, 6.45) is 8.78. The topological polar surface area (TPSA) is 12.0 Å². The summed E-state index contributed by atoms with van der Waals surface area (Å²) < 4.78 is 0. The molecule has 0 radical (unpaired) electrons. The number of nitrogens with one attached hydrogen (secondary N) is 1. The molecule has 0 aromatic rings. The van der Waals surface area contributed by atoms with Gasteiger partial charge in [-0.25, -0.2) is 0 Å². The highest BCUT2D eigenvalue weighted by Gasteiger charge is 2.30. The van der Waals surface area contributed by atoms with Crippen molar-refractivity contribution in [1.82, 2.24) is 5.32 Å². The van der Waals surface area contributed by atoms with Crippen molar-refractivity contribution in [2.75, 3.05) is 6.54 Å². The van der Waals surface area contributed by atoms with Crippen molar-refractivity contribution in [3.05, 3.63) is 0 Å². The average Bonchev–Trinajstić information content (AvgIpc) is 2.17. The van der Waals surface area contributed by atoms with Gasteiger partial charge in [-0.2, -0.15) is 0 Å². The molecule has 0 aromatic carbocycles. The smallest absolute Gasteiger partial charge is 0.00673 e. The molecule has 2 fully saturated rings. The minimum Gasteiger partial charge on any atom is -0.314 e. The highest BCUT2D eigenvalue weighted by Crippen LogP contribution is 2.35. The Balaban J connectivity index is 1.90. The van der Waals surface area contributed by atoms with Crippen LogP contribution in [0, 0.1) is 11.8 Å². The van der Waals surface area contributed by atoms with Gasteiger partial charge in [0.1, 0.15) is 0 Å². The van der Waals surface area contributed by atoms with Gasteiger partial charge in [-0.15, -0.1) is 0 Å². The minimum absolute atomic E-state index is 0.837. The molecule has 12 heavy (non-hydrogen) atoms. The van der Waals surface area contributed by atoms with Gasteiger partial charge >= 0.3 is 0 Å². The van der Waals surface area contributed by atoms with Crippen LogP contribution in [-0.4, -0.2) is 12.6 Å². The molecule has 2 aliphatic rings. The zero-order chi connectivity index (χ0) is 8.39. The van der Waals surface area contributed by atoms with E-state index in [-0.39, 0.29) is 0 Å². The highest BCUT2D eigenvalue weighted by molar-refractivity contribution is 4.86. The molecule has 0 aromatic heterocycles. The summed E-state index contributed by atoms with van der Waals surface area (Å²) in [5.41, 5.74) is 0. The molecule has 1 nitrogen and oxygen atoms in total. The largest absolute Gasteiger partial charge is 0.314 e. The Hall–Kier alpha value is -0.0400. The minimum atomic E-state index is 0.837. The molecular weight excluding hydrogens is 146 g/mol. The summed E-state index contributed by atoms with van der Waals surface area (Å²) in [6, 6.07) is 0.837. The summed E-state index contributed by atoms with van der Waals surface area (Å²) in [7, 11) is 0. The second-order valence-corrected chi connectivity index (χ2v) is 4.55. The molecule has 1 aliphatic carbocycles. The van der Waals surface area contributed by atoms with Gasteiger partial charge in [-0.05, 0) is 37.6 Å². The lowest BCUT2D eigenvalue weighted by atomic mass is 9.73. The lowest BCUT2D eigenvalue weighted by molar-refractivity contribution is 0.152. The van der Waals surface area contributed by atoms with E-state index in [0.29, 0.717) is 0 Å². The first kappa shape index (κ1) is 8.55. The Kier molecular flexibility index (Phi) is 2.69. The number of fused-ring (bicyclic) bond motifs is 1. The molecule has 70 valence electrons. The maximum Gasteiger partial charge on any atom is 0.00673 e. The quantitative estimate of drug-likeness (QED) is 0.633. The fourth-order valence-electron chi connectivity index (χ4n) is 2.94. The standard InChI is InChI=1S/C11H21N/c1-2-11-7-9-5-3-4-6-10(9)8-12-11/h9-12H,2-8H2,1H3. The van der Waals surface area contributed by atoms with Gasteiger partial charge in [-0.1, -0.05) is 26.2 Å². The second kappa shape index (κ2) is 3.78. The van der Waals surface area contributed by atoms with Crippen molar-refractivity contribution in [2.24, 2.45) is 11.8 Å². The van der Waals surface area contributed by atoms with E-state index in [2.05, 4.69) is 12.2 Å². The third kappa shape index (κ3) is 1.66. The summed E-state index contributed by atoms with van der Waals surface area (Å²) in [5, 5.41) is 3.67. The molecule has 3 atom stereocenters. The van der Waals surface area contributed by atoms with Gasteiger partial charge in [0.15, 0.2) is 0 Å². The Morgan fingerprint density at radius 1 is 1.17 bits per heavy atom. The second-order valence-electron chi connectivity index (χ2n) is 4.55. The van der Waals surface area contributed by atoms with Crippen molar-refractivity contribution < 1.29 is 0 Å². The lowest BCUT2D eigenvalue weighted by Crippen LogP contribution is -2.44. The van der Waals surface area contributed by atoms with Crippen LogP contribution in [0.2, 0.25) is 0 Å². The van der Waals surface area contributed by atoms with E-state index in [1.165, 1.54) is 45.1 Å². The Labute approximate surface area is 75.9 Å². The summed E-state index contributed by atoms with van der Waals surface area (Å²) >= 11 is 0. The molecular formula is C11H21N. The molecule has 1 saturated carbocycles. The van der Waals surface area contributed by atoms with Gasteiger partial charge in [0.05, 0.1) is 0 Å². The first-order valence-electron chi connectivity index (χ1n) is 5.63. The molecule has 1 aliphatic heterocycles. The van der Waals surface area contributed by atoms with Gasteiger partial charge in [0, 0.05) is 6.04 Å². The SMILES string of the molecule is CCC1CC2CCCCC2CN1. The molecule has 1 heteroatoms. The third-order valence-electron chi connectivity index (χ3n) is 3.82. The van der Waals surface area contributed by atoms with E-state index >= 15 is 0 Å². The molecule has 2 rings (SSSR count). The molecule has 0 amide bonds. The van der Waals surface area contributed by atoms with Gasteiger partial charge < -0.3 is 5.32 Å². The highest BCUT2D eigenvalue weighted by atomic mass is 14.9. The van der Waals surface area contributed by atoms with Crippen molar-refractivity contribution in [3.8, 4) is 0 Å².